The Morgan fingerprint density at radius 2 is 2.47 bits per heavy atom. The van der Waals surface area contributed by atoms with Crippen molar-refractivity contribution in [3.8, 4) is 0 Å². The number of pyridine rings is 1. The van der Waals surface area contributed by atoms with Gasteiger partial charge in [0.1, 0.15) is 11.4 Å². The van der Waals surface area contributed by atoms with E-state index in [4.69, 9.17) is 0 Å². The normalized spacial score (nSPS) is 9.94. The molecule has 0 aliphatic rings. The molecule has 0 bridgehead atoms. The molecular weight excluding hydrogens is 220 g/mol. The van der Waals surface area contributed by atoms with Crippen molar-refractivity contribution in [2.75, 3.05) is 12.4 Å². The van der Waals surface area contributed by atoms with Crippen molar-refractivity contribution in [3.05, 3.63) is 41.9 Å². The summed E-state index contributed by atoms with van der Waals surface area (Å²) in [5.74, 6) is 0.0911. The van der Waals surface area contributed by atoms with Crippen LogP contribution in [0.3, 0.4) is 0 Å². The fourth-order valence-corrected chi connectivity index (χ4v) is 1.38. The number of carbonyl (C=O) groups is 1. The van der Waals surface area contributed by atoms with Crippen LogP contribution in [0.25, 0.3) is 0 Å². The van der Waals surface area contributed by atoms with Gasteiger partial charge in [-0.2, -0.15) is 5.10 Å². The summed E-state index contributed by atoms with van der Waals surface area (Å²) in [5.41, 5.74) is 1.39. The Morgan fingerprint density at radius 3 is 3.18 bits per heavy atom. The van der Waals surface area contributed by atoms with Crippen molar-refractivity contribution in [2.45, 2.75) is 6.54 Å². The van der Waals surface area contributed by atoms with E-state index in [0.29, 0.717) is 17.9 Å². The first-order valence-electron chi connectivity index (χ1n) is 5.06. The van der Waals surface area contributed by atoms with Crippen molar-refractivity contribution < 1.29 is 9.53 Å². The monoisotopic (exact) mass is 232 g/mol. The quantitative estimate of drug-likeness (QED) is 0.774. The molecule has 0 aromatic carbocycles. The van der Waals surface area contributed by atoms with E-state index in [2.05, 4.69) is 25.2 Å². The fraction of sp³-hybridized carbons (Fsp3) is 0.182. The molecule has 2 N–H and O–H groups in total. The average Bonchev–Trinajstić information content (AvgIpc) is 2.89. The van der Waals surface area contributed by atoms with Gasteiger partial charge in [-0.15, -0.1) is 0 Å². The zero-order chi connectivity index (χ0) is 12.1. The van der Waals surface area contributed by atoms with Gasteiger partial charge in [0.2, 0.25) is 0 Å². The molecule has 0 aliphatic carbocycles. The van der Waals surface area contributed by atoms with Crippen LogP contribution in [-0.2, 0) is 11.3 Å². The van der Waals surface area contributed by atoms with Gasteiger partial charge in [-0.05, 0) is 12.1 Å². The Balaban J connectivity index is 2.12. The van der Waals surface area contributed by atoms with Gasteiger partial charge < -0.3 is 10.1 Å². The number of ether oxygens (including phenoxy) is 1. The number of hydrogen-bond donors (Lipinski definition) is 2. The molecule has 0 aliphatic heterocycles. The summed E-state index contributed by atoms with van der Waals surface area (Å²) in [6.45, 7) is 0.539. The van der Waals surface area contributed by atoms with E-state index in [1.165, 1.54) is 7.11 Å². The first kappa shape index (κ1) is 11.1. The summed E-state index contributed by atoms with van der Waals surface area (Å²) in [6.07, 6.45) is 5.09. The SMILES string of the molecule is COC(=O)c1cccnc1NCc1cn[nH]c1. The van der Waals surface area contributed by atoms with Crippen LogP contribution < -0.4 is 5.32 Å². The van der Waals surface area contributed by atoms with Crippen molar-refractivity contribution in [3.63, 3.8) is 0 Å². The molecule has 0 fully saturated rings. The van der Waals surface area contributed by atoms with Gasteiger partial charge in [-0.3, -0.25) is 5.10 Å². The van der Waals surface area contributed by atoms with E-state index in [-0.39, 0.29) is 0 Å². The number of nitrogens with zero attached hydrogens (tertiary/aromatic N) is 2. The molecule has 2 aromatic heterocycles. The van der Waals surface area contributed by atoms with E-state index in [9.17, 15) is 4.79 Å². The Labute approximate surface area is 98.0 Å². The second kappa shape index (κ2) is 5.11. The molecule has 0 amide bonds. The highest BCUT2D eigenvalue weighted by molar-refractivity contribution is 5.94. The molecule has 2 heterocycles. The van der Waals surface area contributed by atoms with Crippen LogP contribution in [0.1, 0.15) is 15.9 Å². The molecular formula is C11H12N4O2. The number of esters is 1. The molecule has 17 heavy (non-hydrogen) atoms. The third-order valence-electron chi connectivity index (χ3n) is 2.23. The molecule has 88 valence electrons. The van der Waals surface area contributed by atoms with Crippen LogP contribution in [0.4, 0.5) is 5.82 Å². The largest absolute Gasteiger partial charge is 0.465 e. The highest BCUT2D eigenvalue weighted by Gasteiger charge is 2.11. The topological polar surface area (TPSA) is 79.9 Å². The Bertz CT molecular complexity index is 496. The molecule has 0 atom stereocenters. The average molecular weight is 232 g/mol. The number of methoxy groups -OCH3 is 1. The number of H-pyrrole nitrogens is 1. The summed E-state index contributed by atoms with van der Waals surface area (Å²) in [6, 6.07) is 3.35. The second-order valence-corrected chi connectivity index (χ2v) is 3.35. The highest BCUT2D eigenvalue weighted by Crippen LogP contribution is 2.13. The minimum atomic E-state index is -0.409. The van der Waals surface area contributed by atoms with E-state index in [1.807, 2.05) is 0 Å². The van der Waals surface area contributed by atoms with Gasteiger partial charge in [0.05, 0.1) is 13.3 Å². The minimum absolute atomic E-state index is 0.409. The van der Waals surface area contributed by atoms with Crippen LogP contribution in [0, 0.1) is 0 Å². The van der Waals surface area contributed by atoms with Crippen molar-refractivity contribution >= 4 is 11.8 Å². The van der Waals surface area contributed by atoms with E-state index in [0.717, 1.165) is 5.56 Å². The van der Waals surface area contributed by atoms with E-state index in [1.54, 1.807) is 30.7 Å². The Morgan fingerprint density at radius 1 is 1.59 bits per heavy atom. The summed E-state index contributed by atoms with van der Waals surface area (Å²) >= 11 is 0. The molecule has 2 rings (SSSR count). The lowest BCUT2D eigenvalue weighted by Crippen LogP contribution is -2.09. The summed E-state index contributed by atoms with van der Waals surface area (Å²) in [5, 5.41) is 9.60. The predicted molar refractivity (Wildman–Crippen MR) is 61.5 cm³/mol. The van der Waals surface area contributed by atoms with Crippen molar-refractivity contribution in [2.24, 2.45) is 0 Å². The zero-order valence-electron chi connectivity index (χ0n) is 9.30. The summed E-state index contributed by atoms with van der Waals surface area (Å²) in [7, 11) is 1.34. The number of anilines is 1. The molecule has 0 saturated carbocycles. The Kier molecular flexibility index (Phi) is 3.34. The molecule has 6 heteroatoms. The minimum Gasteiger partial charge on any atom is -0.465 e. The lowest BCUT2D eigenvalue weighted by Gasteiger charge is -2.08. The third kappa shape index (κ3) is 2.60. The lowest BCUT2D eigenvalue weighted by atomic mass is 10.2. The maximum atomic E-state index is 11.5. The van der Waals surface area contributed by atoms with Gasteiger partial charge >= 0.3 is 5.97 Å². The van der Waals surface area contributed by atoms with E-state index < -0.39 is 5.97 Å². The standard InChI is InChI=1S/C11H12N4O2/c1-17-11(16)9-3-2-4-12-10(9)13-5-8-6-14-15-7-8/h2-4,6-7H,5H2,1H3,(H,12,13)(H,14,15). The van der Waals surface area contributed by atoms with Crippen LogP contribution >= 0.6 is 0 Å². The van der Waals surface area contributed by atoms with Gasteiger partial charge in [0.25, 0.3) is 0 Å². The molecule has 0 spiro atoms. The van der Waals surface area contributed by atoms with Crippen LogP contribution in [0.2, 0.25) is 0 Å². The molecule has 0 radical (unpaired) electrons. The smallest absolute Gasteiger partial charge is 0.341 e. The van der Waals surface area contributed by atoms with Crippen LogP contribution in [0.5, 0.6) is 0 Å². The predicted octanol–water partition coefficient (Wildman–Crippen LogP) is 1.20. The number of aromatic amines is 1. The number of aromatic nitrogens is 3. The van der Waals surface area contributed by atoms with Crippen molar-refractivity contribution in [1.82, 2.24) is 15.2 Å². The molecule has 0 saturated heterocycles. The van der Waals surface area contributed by atoms with Crippen LogP contribution in [-0.4, -0.2) is 28.3 Å². The maximum Gasteiger partial charge on any atom is 0.341 e. The summed E-state index contributed by atoms with van der Waals surface area (Å²) < 4.78 is 4.68. The number of rotatable bonds is 4. The second-order valence-electron chi connectivity index (χ2n) is 3.35. The fourth-order valence-electron chi connectivity index (χ4n) is 1.38. The van der Waals surface area contributed by atoms with Crippen LogP contribution in [0.15, 0.2) is 30.7 Å². The zero-order valence-corrected chi connectivity index (χ0v) is 9.30. The highest BCUT2D eigenvalue weighted by atomic mass is 16.5. The first-order valence-corrected chi connectivity index (χ1v) is 5.06. The Hall–Kier alpha value is -2.37. The number of nitrogens with one attached hydrogen (secondary N) is 2. The number of carbonyl (C=O) groups excluding carboxylic acids is 1. The summed E-state index contributed by atoms with van der Waals surface area (Å²) in [4.78, 5) is 15.6. The lowest BCUT2D eigenvalue weighted by molar-refractivity contribution is 0.0601. The van der Waals surface area contributed by atoms with Crippen molar-refractivity contribution in [1.29, 1.82) is 0 Å². The van der Waals surface area contributed by atoms with Gasteiger partial charge in [0, 0.05) is 24.5 Å². The molecule has 2 aromatic rings. The number of hydrogen-bond acceptors (Lipinski definition) is 5. The van der Waals surface area contributed by atoms with Gasteiger partial charge in [0.15, 0.2) is 0 Å². The first-order chi connectivity index (χ1) is 8.31. The van der Waals surface area contributed by atoms with E-state index >= 15 is 0 Å². The molecule has 0 unspecified atom stereocenters. The maximum absolute atomic E-state index is 11.5. The molecule has 6 nitrogen and oxygen atoms in total. The van der Waals surface area contributed by atoms with Gasteiger partial charge in [-0.1, -0.05) is 0 Å². The third-order valence-corrected chi connectivity index (χ3v) is 2.23. The van der Waals surface area contributed by atoms with Gasteiger partial charge in [-0.25, -0.2) is 9.78 Å².